The summed E-state index contributed by atoms with van der Waals surface area (Å²) in [5.41, 5.74) is 0.903. The molecule has 0 spiro atoms. The lowest BCUT2D eigenvalue weighted by Crippen LogP contribution is -2.48. The van der Waals surface area contributed by atoms with Gasteiger partial charge in [0.2, 0.25) is 0 Å². The van der Waals surface area contributed by atoms with E-state index in [2.05, 4.69) is 6.92 Å². The molecule has 108 valence electrons. The van der Waals surface area contributed by atoms with Crippen LogP contribution in [0.15, 0.2) is 24.3 Å². The summed E-state index contributed by atoms with van der Waals surface area (Å²) in [6.07, 6.45) is 3.51. The highest BCUT2D eigenvalue weighted by atomic mass is 16.5. The largest absolute Gasteiger partial charge is 0.465 e. The molecule has 0 amide bonds. The average molecular weight is 274 g/mol. The van der Waals surface area contributed by atoms with Gasteiger partial charge in [-0.25, -0.2) is 0 Å². The van der Waals surface area contributed by atoms with Gasteiger partial charge in [0.1, 0.15) is 0 Å². The van der Waals surface area contributed by atoms with E-state index in [1.54, 1.807) is 6.92 Å². The predicted octanol–water partition coefficient (Wildman–Crippen LogP) is 3.19. The molecule has 0 saturated carbocycles. The minimum atomic E-state index is -1.07. The first-order chi connectivity index (χ1) is 9.66. The number of rotatable bonds is 5. The molecule has 1 aromatic carbocycles. The molecule has 0 radical (unpaired) electrons. The number of hydrogen-bond donors (Lipinski definition) is 0. The van der Waals surface area contributed by atoms with Crippen LogP contribution in [0.5, 0.6) is 0 Å². The van der Waals surface area contributed by atoms with Gasteiger partial charge in [0, 0.05) is 6.42 Å². The third kappa shape index (κ3) is 2.37. The number of carbonyl (C=O) groups excluding carboxylic acids is 2. The van der Waals surface area contributed by atoms with Crippen LogP contribution < -0.4 is 0 Å². The topological polar surface area (TPSA) is 43.4 Å². The minimum Gasteiger partial charge on any atom is -0.465 e. The van der Waals surface area contributed by atoms with E-state index in [0.717, 1.165) is 30.4 Å². The normalized spacial score (nSPS) is 21.4. The molecule has 1 unspecified atom stereocenters. The van der Waals surface area contributed by atoms with E-state index in [4.69, 9.17) is 4.74 Å². The summed E-state index contributed by atoms with van der Waals surface area (Å²) in [5, 5.41) is 0. The summed E-state index contributed by atoms with van der Waals surface area (Å²) in [5.74, 6) is -0.353. The molecule has 1 aliphatic carbocycles. The number of carbonyl (C=O) groups is 2. The van der Waals surface area contributed by atoms with Crippen molar-refractivity contribution in [2.24, 2.45) is 0 Å². The van der Waals surface area contributed by atoms with Crippen molar-refractivity contribution in [3.05, 3.63) is 35.4 Å². The molecule has 1 atom stereocenters. The Labute approximate surface area is 120 Å². The lowest BCUT2D eigenvalue weighted by atomic mass is 9.66. The molecule has 20 heavy (non-hydrogen) atoms. The molecule has 3 nitrogen and oxygen atoms in total. The minimum absolute atomic E-state index is 0.0168. The van der Waals surface area contributed by atoms with Crippen LogP contribution in [-0.2, 0) is 26.2 Å². The zero-order valence-electron chi connectivity index (χ0n) is 12.3. The number of esters is 1. The number of Topliss-reactive ketones (excluding diaryl/α,β-unsaturated/α-hetero) is 1. The van der Waals surface area contributed by atoms with Crippen molar-refractivity contribution >= 4 is 11.8 Å². The summed E-state index contributed by atoms with van der Waals surface area (Å²) in [4.78, 5) is 25.2. The van der Waals surface area contributed by atoms with Gasteiger partial charge in [-0.15, -0.1) is 0 Å². The van der Waals surface area contributed by atoms with E-state index in [0.29, 0.717) is 19.4 Å². The number of fused-ring (bicyclic) bond motifs is 1. The zero-order valence-corrected chi connectivity index (χ0v) is 12.3. The van der Waals surface area contributed by atoms with Crippen molar-refractivity contribution in [1.82, 2.24) is 0 Å². The van der Waals surface area contributed by atoms with Gasteiger partial charge < -0.3 is 4.74 Å². The molecule has 3 heteroatoms. The van der Waals surface area contributed by atoms with Crippen LogP contribution in [0.25, 0.3) is 0 Å². The summed E-state index contributed by atoms with van der Waals surface area (Å²) >= 11 is 0. The Morgan fingerprint density at radius 3 is 2.70 bits per heavy atom. The van der Waals surface area contributed by atoms with Crippen LogP contribution in [0.1, 0.15) is 50.7 Å². The van der Waals surface area contributed by atoms with Gasteiger partial charge in [-0.05, 0) is 30.9 Å². The SMILES string of the molecule is CCCCC1(C(=O)OCC)C(=O)CCc2ccccc21. The maximum absolute atomic E-state index is 12.6. The molecule has 1 aliphatic rings. The highest BCUT2D eigenvalue weighted by molar-refractivity contribution is 6.11. The van der Waals surface area contributed by atoms with Crippen molar-refractivity contribution in [3.8, 4) is 0 Å². The molecule has 0 heterocycles. The summed E-state index contributed by atoms with van der Waals surface area (Å²) in [6.45, 7) is 4.16. The van der Waals surface area contributed by atoms with Gasteiger partial charge >= 0.3 is 5.97 Å². The van der Waals surface area contributed by atoms with Crippen molar-refractivity contribution in [2.75, 3.05) is 6.61 Å². The van der Waals surface area contributed by atoms with Gasteiger partial charge in [0.15, 0.2) is 11.2 Å². The maximum Gasteiger partial charge on any atom is 0.324 e. The van der Waals surface area contributed by atoms with Gasteiger partial charge in [0.05, 0.1) is 6.61 Å². The van der Waals surface area contributed by atoms with Crippen LogP contribution >= 0.6 is 0 Å². The van der Waals surface area contributed by atoms with E-state index in [9.17, 15) is 9.59 Å². The fourth-order valence-corrected chi connectivity index (χ4v) is 3.06. The Bertz CT molecular complexity index is 507. The Morgan fingerprint density at radius 2 is 2.00 bits per heavy atom. The fourth-order valence-electron chi connectivity index (χ4n) is 3.06. The Kier molecular flexibility index (Phi) is 4.58. The summed E-state index contributed by atoms with van der Waals surface area (Å²) in [7, 11) is 0. The number of aryl methyl sites for hydroxylation is 1. The van der Waals surface area contributed by atoms with Gasteiger partial charge in [-0.3, -0.25) is 9.59 Å². The zero-order chi connectivity index (χ0) is 14.6. The molecule has 0 N–H and O–H groups in total. The first-order valence-electron chi connectivity index (χ1n) is 7.45. The quantitative estimate of drug-likeness (QED) is 0.612. The van der Waals surface area contributed by atoms with Crippen LogP contribution in [0.4, 0.5) is 0 Å². The lowest BCUT2D eigenvalue weighted by molar-refractivity contribution is -0.155. The van der Waals surface area contributed by atoms with Crippen molar-refractivity contribution < 1.29 is 14.3 Å². The smallest absolute Gasteiger partial charge is 0.324 e. The number of benzene rings is 1. The Balaban J connectivity index is 2.53. The fraction of sp³-hybridized carbons (Fsp3) is 0.529. The molecule has 0 aromatic heterocycles. The van der Waals surface area contributed by atoms with Crippen LogP contribution in [0, 0.1) is 0 Å². The first kappa shape index (κ1) is 14.8. The molecular weight excluding hydrogens is 252 g/mol. The molecule has 0 aliphatic heterocycles. The Morgan fingerprint density at radius 1 is 1.25 bits per heavy atom. The molecular formula is C17H22O3. The molecule has 2 rings (SSSR count). The van der Waals surface area contributed by atoms with E-state index in [1.165, 1.54) is 0 Å². The second-order valence-electron chi connectivity index (χ2n) is 5.31. The van der Waals surface area contributed by atoms with Gasteiger partial charge in [-0.1, -0.05) is 44.0 Å². The Hall–Kier alpha value is -1.64. The number of ketones is 1. The summed E-state index contributed by atoms with van der Waals surface area (Å²) < 4.78 is 5.25. The molecule has 0 bridgehead atoms. The van der Waals surface area contributed by atoms with E-state index in [-0.39, 0.29) is 11.8 Å². The molecule has 0 fully saturated rings. The predicted molar refractivity (Wildman–Crippen MR) is 77.6 cm³/mol. The second-order valence-corrected chi connectivity index (χ2v) is 5.31. The van der Waals surface area contributed by atoms with E-state index >= 15 is 0 Å². The standard InChI is InChI=1S/C17H22O3/c1-3-5-12-17(16(19)20-4-2)14-9-7-6-8-13(14)10-11-15(17)18/h6-9H,3-5,10-12H2,1-2H3. The van der Waals surface area contributed by atoms with Gasteiger partial charge in [-0.2, -0.15) is 0 Å². The van der Waals surface area contributed by atoms with Crippen molar-refractivity contribution in [3.63, 3.8) is 0 Å². The number of unbranched alkanes of at least 4 members (excludes halogenated alkanes) is 1. The first-order valence-corrected chi connectivity index (χ1v) is 7.45. The second kappa shape index (κ2) is 6.21. The highest BCUT2D eigenvalue weighted by Gasteiger charge is 2.50. The van der Waals surface area contributed by atoms with Crippen LogP contribution in [-0.4, -0.2) is 18.4 Å². The monoisotopic (exact) mass is 274 g/mol. The highest BCUT2D eigenvalue weighted by Crippen LogP contribution is 2.40. The lowest BCUT2D eigenvalue weighted by Gasteiger charge is -2.35. The third-order valence-corrected chi connectivity index (χ3v) is 4.10. The summed E-state index contributed by atoms with van der Waals surface area (Å²) in [6, 6.07) is 7.79. The number of hydrogen-bond acceptors (Lipinski definition) is 3. The number of ether oxygens (including phenoxy) is 1. The average Bonchev–Trinajstić information content (AvgIpc) is 2.47. The van der Waals surface area contributed by atoms with Crippen LogP contribution in [0.2, 0.25) is 0 Å². The van der Waals surface area contributed by atoms with E-state index < -0.39 is 5.41 Å². The van der Waals surface area contributed by atoms with Crippen molar-refractivity contribution in [1.29, 1.82) is 0 Å². The maximum atomic E-state index is 12.6. The van der Waals surface area contributed by atoms with Crippen molar-refractivity contribution in [2.45, 2.75) is 51.4 Å². The van der Waals surface area contributed by atoms with Crippen LogP contribution in [0.3, 0.4) is 0 Å². The third-order valence-electron chi connectivity index (χ3n) is 4.10. The van der Waals surface area contributed by atoms with Gasteiger partial charge in [0.25, 0.3) is 0 Å². The van der Waals surface area contributed by atoms with E-state index in [1.807, 2.05) is 24.3 Å². The molecule has 0 saturated heterocycles. The molecule has 1 aromatic rings.